The van der Waals surface area contributed by atoms with E-state index in [4.69, 9.17) is 9.47 Å². The first-order chi connectivity index (χ1) is 16.5. The molecule has 2 aliphatic rings. The molecule has 0 unspecified atom stereocenters. The van der Waals surface area contributed by atoms with Crippen molar-refractivity contribution in [1.29, 1.82) is 0 Å². The van der Waals surface area contributed by atoms with Crippen molar-refractivity contribution in [3.05, 3.63) is 65.5 Å². The van der Waals surface area contributed by atoms with E-state index in [-0.39, 0.29) is 30.2 Å². The molecule has 1 amide bonds. The first-order valence-electron chi connectivity index (χ1n) is 11.7. The smallest absolute Gasteiger partial charge is 0.310 e. The Morgan fingerprint density at radius 2 is 1.91 bits per heavy atom. The second-order valence-corrected chi connectivity index (χ2v) is 8.55. The summed E-state index contributed by atoms with van der Waals surface area (Å²) in [6.07, 6.45) is 1.95. The van der Waals surface area contributed by atoms with Crippen LogP contribution in [-0.4, -0.2) is 60.8 Å². The molecule has 7 nitrogen and oxygen atoms in total. The van der Waals surface area contributed by atoms with Crippen molar-refractivity contribution >= 4 is 17.6 Å². The van der Waals surface area contributed by atoms with E-state index in [2.05, 4.69) is 5.10 Å². The number of piperidine rings is 1. The number of likely N-dealkylation sites (tertiary alicyclic amines) is 1. The third kappa shape index (κ3) is 5.12. The maximum absolute atomic E-state index is 14.5. The number of nitrogens with zero attached hydrogens (tertiary/aromatic N) is 3. The second-order valence-electron chi connectivity index (χ2n) is 8.55. The Morgan fingerprint density at radius 1 is 1.15 bits per heavy atom. The molecule has 0 radical (unpaired) electrons. The van der Waals surface area contributed by atoms with Gasteiger partial charge in [-0.3, -0.25) is 14.5 Å². The number of hydrogen-bond acceptors (Lipinski definition) is 6. The molecule has 2 aromatic carbocycles. The van der Waals surface area contributed by atoms with Gasteiger partial charge in [0.25, 0.3) is 5.91 Å². The van der Waals surface area contributed by atoms with E-state index < -0.39 is 6.04 Å². The van der Waals surface area contributed by atoms with Crippen LogP contribution in [0.3, 0.4) is 0 Å². The van der Waals surface area contributed by atoms with Gasteiger partial charge in [0.05, 0.1) is 37.9 Å². The number of amides is 1. The molecular weight excluding hydrogens is 437 g/mol. The minimum atomic E-state index is -0.413. The summed E-state index contributed by atoms with van der Waals surface area (Å²) < 4.78 is 25.3. The predicted octanol–water partition coefficient (Wildman–Crippen LogP) is 3.79. The van der Waals surface area contributed by atoms with Crippen LogP contribution < -0.4 is 4.74 Å². The van der Waals surface area contributed by atoms with Crippen LogP contribution in [0.25, 0.3) is 0 Å². The zero-order chi connectivity index (χ0) is 24.1. The number of carbonyl (C=O) groups is 2. The van der Waals surface area contributed by atoms with Gasteiger partial charge in [-0.15, -0.1) is 0 Å². The minimum absolute atomic E-state index is 0.121. The van der Waals surface area contributed by atoms with E-state index in [0.717, 1.165) is 24.9 Å². The van der Waals surface area contributed by atoms with Gasteiger partial charge in [-0.05, 0) is 38.4 Å². The lowest BCUT2D eigenvalue weighted by Crippen LogP contribution is -2.44. The van der Waals surface area contributed by atoms with Gasteiger partial charge in [0.15, 0.2) is 0 Å². The Balaban J connectivity index is 1.58. The fraction of sp³-hybridized carbons (Fsp3) is 0.423. The van der Waals surface area contributed by atoms with E-state index >= 15 is 0 Å². The Bertz CT molecular complexity index is 1070. The molecule has 0 saturated carbocycles. The zero-order valence-electron chi connectivity index (χ0n) is 19.6. The number of hydrogen-bond donors (Lipinski definition) is 0. The van der Waals surface area contributed by atoms with E-state index in [1.165, 1.54) is 11.1 Å². The minimum Gasteiger partial charge on any atom is -0.496 e. The molecule has 0 N–H and O–H groups in total. The van der Waals surface area contributed by atoms with Crippen molar-refractivity contribution in [1.82, 2.24) is 9.91 Å². The monoisotopic (exact) mass is 467 g/mol. The number of carbonyl (C=O) groups excluding carboxylic acids is 2. The maximum atomic E-state index is 14.5. The van der Waals surface area contributed by atoms with Gasteiger partial charge in [-0.2, -0.15) is 5.10 Å². The Kier molecular flexibility index (Phi) is 7.57. The highest BCUT2D eigenvalue weighted by Gasteiger charge is 2.37. The van der Waals surface area contributed by atoms with E-state index in [9.17, 15) is 14.0 Å². The molecule has 2 aromatic rings. The van der Waals surface area contributed by atoms with Crippen molar-refractivity contribution in [3.63, 3.8) is 0 Å². The first-order valence-corrected chi connectivity index (χ1v) is 11.7. The normalized spacial score (nSPS) is 20.7. The number of ether oxygens (including phenoxy) is 2. The second kappa shape index (κ2) is 10.8. The molecule has 4 rings (SSSR count). The standard InChI is InChI=1S/C26H30FN3O4/c1-3-34-26(32)18-9-8-14-29(16-18)17-25(31)30-23(20-11-5-7-13-24(20)33-2)15-22(28-30)19-10-4-6-12-21(19)27/h4-7,10-13,18,23H,3,8-9,14-17H2,1-2H3/t18-,23-/m1/s1. The maximum Gasteiger partial charge on any atom is 0.310 e. The SMILES string of the molecule is CCOC(=O)[C@@H]1CCCN(CC(=O)N2N=C(c3ccccc3F)C[C@@H]2c2ccccc2OC)C1. The number of halogens is 1. The van der Waals surface area contributed by atoms with Gasteiger partial charge in [-0.1, -0.05) is 36.4 Å². The average molecular weight is 468 g/mol. The van der Waals surface area contributed by atoms with Crippen molar-refractivity contribution in [2.45, 2.75) is 32.2 Å². The topological polar surface area (TPSA) is 71.4 Å². The number of benzene rings is 2. The number of methoxy groups -OCH3 is 1. The molecule has 2 heterocycles. The summed E-state index contributed by atoms with van der Waals surface area (Å²) in [4.78, 5) is 27.7. The fourth-order valence-electron chi connectivity index (χ4n) is 4.70. The predicted molar refractivity (Wildman–Crippen MR) is 126 cm³/mol. The van der Waals surface area contributed by atoms with E-state index in [1.54, 1.807) is 32.2 Å². The summed E-state index contributed by atoms with van der Waals surface area (Å²) in [5.41, 5.74) is 1.72. The summed E-state index contributed by atoms with van der Waals surface area (Å²) >= 11 is 0. The fourth-order valence-corrected chi connectivity index (χ4v) is 4.70. The van der Waals surface area contributed by atoms with Gasteiger partial charge in [-0.25, -0.2) is 9.40 Å². The third-order valence-electron chi connectivity index (χ3n) is 6.33. The molecule has 0 spiro atoms. The molecule has 0 aliphatic carbocycles. The van der Waals surface area contributed by atoms with Crippen molar-refractivity contribution in [2.75, 3.05) is 33.4 Å². The molecule has 2 atom stereocenters. The Labute approximate surface area is 199 Å². The molecule has 34 heavy (non-hydrogen) atoms. The molecule has 1 saturated heterocycles. The quantitative estimate of drug-likeness (QED) is 0.580. The highest BCUT2D eigenvalue weighted by Crippen LogP contribution is 2.38. The molecule has 1 fully saturated rings. The molecule has 8 heteroatoms. The van der Waals surface area contributed by atoms with Gasteiger partial charge >= 0.3 is 5.97 Å². The van der Waals surface area contributed by atoms with Crippen LogP contribution in [0.5, 0.6) is 5.75 Å². The van der Waals surface area contributed by atoms with Crippen LogP contribution in [0.4, 0.5) is 4.39 Å². The summed E-state index contributed by atoms with van der Waals surface area (Å²) in [6.45, 7) is 3.45. The lowest BCUT2D eigenvalue weighted by atomic mass is 9.97. The van der Waals surface area contributed by atoms with Crippen LogP contribution in [0, 0.1) is 11.7 Å². The van der Waals surface area contributed by atoms with Crippen LogP contribution in [-0.2, 0) is 14.3 Å². The van der Waals surface area contributed by atoms with Crippen LogP contribution in [0.15, 0.2) is 53.6 Å². The van der Waals surface area contributed by atoms with Gasteiger partial charge in [0, 0.05) is 24.1 Å². The number of esters is 1. The highest BCUT2D eigenvalue weighted by molar-refractivity contribution is 6.03. The van der Waals surface area contributed by atoms with Gasteiger partial charge in [0.2, 0.25) is 0 Å². The largest absolute Gasteiger partial charge is 0.496 e. The van der Waals surface area contributed by atoms with E-state index in [0.29, 0.717) is 36.6 Å². The zero-order valence-corrected chi connectivity index (χ0v) is 19.6. The van der Waals surface area contributed by atoms with Crippen molar-refractivity contribution < 1.29 is 23.5 Å². The van der Waals surface area contributed by atoms with Gasteiger partial charge < -0.3 is 9.47 Å². The summed E-state index contributed by atoms with van der Waals surface area (Å²) in [5.74, 6) is -0.375. The Morgan fingerprint density at radius 3 is 2.68 bits per heavy atom. The molecular formula is C26H30FN3O4. The molecule has 0 bridgehead atoms. The number of rotatable bonds is 7. The lowest BCUT2D eigenvalue weighted by molar-refractivity contribution is -0.150. The first kappa shape index (κ1) is 23.9. The van der Waals surface area contributed by atoms with Crippen molar-refractivity contribution in [2.24, 2.45) is 11.0 Å². The summed E-state index contributed by atoms with van der Waals surface area (Å²) in [7, 11) is 1.59. The van der Waals surface area contributed by atoms with Gasteiger partial charge in [0.1, 0.15) is 11.6 Å². The summed E-state index contributed by atoms with van der Waals surface area (Å²) in [5, 5.41) is 6.04. The van der Waals surface area contributed by atoms with Crippen molar-refractivity contribution in [3.8, 4) is 5.75 Å². The lowest BCUT2D eigenvalue weighted by Gasteiger charge is -2.32. The highest BCUT2D eigenvalue weighted by atomic mass is 19.1. The van der Waals surface area contributed by atoms with Crippen LogP contribution in [0.2, 0.25) is 0 Å². The molecule has 2 aliphatic heterocycles. The summed E-state index contributed by atoms with van der Waals surface area (Å²) in [6, 6.07) is 13.5. The molecule has 180 valence electrons. The molecule has 0 aromatic heterocycles. The van der Waals surface area contributed by atoms with Crippen LogP contribution in [0.1, 0.15) is 43.4 Å². The van der Waals surface area contributed by atoms with E-state index in [1.807, 2.05) is 29.2 Å². The third-order valence-corrected chi connectivity index (χ3v) is 6.33. The average Bonchev–Trinajstić information content (AvgIpc) is 3.30. The number of hydrazone groups is 1. The van der Waals surface area contributed by atoms with Crippen LogP contribution >= 0.6 is 0 Å². The Hall–Kier alpha value is -3.26. The number of para-hydroxylation sites is 1.